The molecule has 0 aliphatic carbocycles. The third-order valence-corrected chi connectivity index (χ3v) is 6.74. The molecule has 2 aromatic rings. The van der Waals surface area contributed by atoms with Gasteiger partial charge in [0.25, 0.3) is 0 Å². The second-order valence-electron chi connectivity index (χ2n) is 6.98. The quantitative estimate of drug-likeness (QED) is 0.796. The number of thioether (sulfide) groups is 1. The number of carbonyl (C=O) groups excluding carboxylic acids is 1. The van der Waals surface area contributed by atoms with Crippen LogP contribution in [-0.4, -0.2) is 29.0 Å². The fraction of sp³-hybridized carbons (Fsp3) is 0.300. The topological polar surface area (TPSA) is 70.7 Å². The lowest BCUT2D eigenvalue weighted by molar-refractivity contribution is -0.133. The first-order valence-corrected chi connectivity index (χ1v) is 9.97. The number of nitrogens with one attached hydrogen (secondary N) is 1. The highest BCUT2D eigenvalue weighted by Gasteiger charge is 2.56. The van der Waals surface area contributed by atoms with E-state index in [0.717, 1.165) is 30.0 Å². The molecule has 2 heterocycles. The number of carbonyl (C=O) groups is 1. The Labute approximate surface area is 170 Å². The van der Waals surface area contributed by atoms with Gasteiger partial charge in [-0.25, -0.2) is 18.2 Å². The number of halogens is 3. The van der Waals surface area contributed by atoms with Crippen molar-refractivity contribution >= 4 is 28.4 Å². The van der Waals surface area contributed by atoms with Gasteiger partial charge >= 0.3 is 0 Å². The number of rotatable bonds is 3. The maximum atomic E-state index is 14.5. The zero-order chi connectivity index (χ0) is 20.8. The van der Waals surface area contributed by atoms with Gasteiger partial charge in [-0.3, -0.25) is 4.79 Å². The zero-order valence-electron chi connectivity index (χ0n) is 15.6. The first-order valence-electron chi connectivity index (χ1n) is 9.15. The summed E-state index contributed by atoms with van der Waals surface area (Å²) in [5.41, 5.74) is 6.57. The fourth-order valence-electron chi connectivity index (χ4n) is 3.96. The average Bonchev–Trinajstić information content (AvgIpc) is 3.08. The minimum Gasteiger partial charge on any atom is -0.382 e. The molecule has 1 spiro atoms. The maximum absolute atomic E-state index is 14.5. The maximum Gasteiger partial charge on any atom is 0.241 e. The van der Waals surface area contributed by atoms with Crippen LogP contribution in [0.4, 0.5) is 18.9 Å². The Hall–Kier alpha value is -2.52. The Bertz CT molecular complexity index is 1020. The molecule has 0 aromatic heterocycles. The van der Waals surface area contributed by atoms with Crippen molar-refractivity contribution in [2.45, 2.75) is 18.2 Å². The number of anilines is 1. The van der Waals surface area contributed by atoms with Crippen molar-refractivity contribution in [3.63, 3.8) is 0 Å². The summed E-state index contributed by atoms with van der Waals surface area (Å²) in [6.07, 6.45) is 0.522. The van der Waals surface area contributed by atoms with E-state index in [1.54, 1.807) is 12.1 Å². The van der Waals surface area contributed by atoms with Gasteiger partial charge in [-0.2, -0.15) is 5.10 Å². The van der Waals surface area contributed by atoms with Gasteiger partial charge in [0, 0.05) is 30.5 Å². The van der Waals surface area contributed by atoms with Gasteiger partial charge in [-0.05, 0) is 37.2 Å². The number of nitrogens with two attached hydrogens (primary N) is 1. The summed E-state index contributed by atoms with van der Waals surface area (Å²) in [5.74, 6) is -2.34. The Kier molecular flexibility index (Phi) is 5.04. The number of para-hydroxylation sites is 1. The van der Waals surface area contributed by atoms with Crippen LogP contribution in [0.1, 0.15) is 24.5 Å². The van der Waals surface area contributed by atoms with E-state index in [4.69, 9.17) is 5.73 Å². The second-order valence-corrected chi connectivity index (χ2v) is 8.19. The minimum absolute atomic E-state index is 0.0406. The van der Waals surface area contributed by atoms with Gasteiger partial charge in [0.15, 0.2) is 0 Å². The Morgan fingerprint density at radius 3 is 2.83 bits per heavy atom. The molecule has 0 fully saturated rings. The molecule has 152 valence electrons. The van der Waals surface area contributed by atoms with Crippen LogP contribution in [0.3, 0.4) is 0 Å². The standard InChI is InChI=1S/C20H19F3N4OS/c1-11(28)27-20(29-19(26-27)14-9-13(21)5-6-16(14)22)12(7-8-24)10-25-18-15(20)3-2-4-17(18)23/h2-6,9,12,25H,7-8,10,24H2,1H3. The fourth-order valence-corrected chi connectivity index (χ4v) is 5.55. The summed E-state index contributed by atoms with van der Waals surface area (Å²) < 4.78 is 42.8. The van der Waals surface area contributed by atoms with Crippen LogP contribution in [0, 0.1) is 23.4 Å². The van der Waals surface area contributed by atoms with Crippen LogP contribution in [0.15, 0.2) is 41.5 Å². The summed E-state index contributed by atoms with van der Waals surface area (Å²) in [6.45, 7) is 2.04. The number of hydrazone groups is 1. The lowest BCUT2D eigenvalue weighted by Gasteiger charge is -2.46. The Morgan fingerprint density at radius 1 is 1.31 bits per heavy atom. The highest BCUT2D eigenvalue weighted by atomic mass is 32.2. The molecule has 29 heavy (non-hydrogen) atoms. The lowest BCUT2D eigenvalue weighted by Crippen LogP contribution is -2.51. The van der Waals surface area contributed by atoms with Gasteiger partial charge in [0.2, 0.25) is 5.91 Å². The van der Waals surface area contributed by atoms with Crippen LogP contribution in [0.25, 0.3) is 0 Å². The average molecular weight is 420 g/mol. The van der Waals surface area contributed by atoms with E-state index in [0.29, 0.717) is 25.1 Å². The van der Waals surface area contributed by atoms with E-state index < -0.39 is 22.3 Å². The third kappa shape index (κ3) is 3.08. The molecule has 2 atom stereocenters. The first kappa shape index (κ1) is 19.8. The molecule has 0 bridgehead atoms. The van der Waals surface area contributed by atoms with Gasteiger partial charge in [0.1, 0.15) is 27.4 Å². The molecular weight excluding hydrogens is 401 g/mol. The number of hydrogen-bond acceptors (Lipinski definition) is 5. The van der Waals surface area contributed by atoms with E-state index in [1.807, 2.05) is 0 Å². The van der Waals surface area contributed by atoms with Crippen molar-refractivity contribution in [2.24, 2.45) is 16.8 Å². The van der Waals surface area contributed by atoms with Crippen molar-refractivity contribution in [3.8, 4) is 0 Å². The van der Waals surface area contributed by atoms with Crippen LogP contribution in [0.5, 0.6) is 0 Å². The summed E-state index contributed by atoms with van der Waals surface area (Å²) >= 11 is 1.13. The van der Waals surface area contributed by atoms with Crippen molar-refractivity contribution in [1.29, 1.82) is 0 Å². The Morgan fingerprint density at radius 2 is 2.10 bits per heavy atom. The summed E-state index contributed by atoms with van der Waals surface area (Å²) in [6, 6.07) is 7.69. The smallest absolute Gasteiger partial charge is 0.241 e. The van der Waals surface area contributed by atoms with Crippen LogP contribution < -0.4 is 11.1 Å². The zero-order valence-corrected chi connectivity index (χ0v) is 16.4. The molecule has 5 nitrogen and oxygen atoms in total. The lowest BCUT2D eigenvalue weighted by atomic mass is 9.84. The van der Waals surface area contributed by atoms with E-state index in [1.165, 1.54) is 18.0 Å². The minimum atomic E-state index is -1.11. The molecule has 0 radical (unpaired) electrons. The van der Waals surface area contributed by atoms with Crippen molar-refractivity contribution in [1.82, 2.24) is 5.01 Å². The summed E-state index contributed by atoms with van der Waals surface area (Å²) in [7, 11) is 0. The van der Waals surface area contributed by atoms with Crippen LogP contribution in [-0.2, 0) is 9.67 Å². The molecule has 3 N–H and O–H groups in total. The van der Waals surface area contributed by atoms with Gasteiger partial charge in [-0.15, -0.1) is 0 Å². The molecule has 0 saturated heterocycles. The molecule has 2 aliphatic heterocycles. The molecule has 0 saturated carbocycles. The summed E-state index contributed by atoms with van der Waals surface area (Å²) in [4.78, 5) is 11.5. The van der Waals surface area contributed by atoms with Crippen molar-refractivity contribution in [2.75, 3.05) is 18.4 Å². The van der Waals surface area contributed by atoms with E-state index in [-0.39, 0.29) is 28.1 Å². The molecule has 2 aromatic carbocycles. The highest BCUT2D eigenvalue weighted by molar-refractivity contribution is 8.15. The number of hydrogen-bond donors (Lipinski definition) is 2. The SMILES string of the molecule is CC(=O)N1N=C(c2cc(F)ccc2F)SC12c1cccc(F)c1NCC2CCN. The van der Waals surface area contributed by atoms with Gasteiger partial charge in [0.05, 0.1) is 5.69 Å². The predicted molar refractivity (Wildman–Crippen MR) is 107 cm³/mol. The van der Waals surface area contributed by atoms with E-state index in [9.17, 15) is 18.0 Å². The number of amides is 1. The largest absolute Gasteiger partial charge is 0.382 e. The van der Waals surface area contributed by atoms with Crippen LogP contribution in [0.2, 0.25) is 0 Å². The van der Waals surface area contributed by atoms with E-state index >= 15 is 0 Å². The Balaban J connectivity index is 1.92. The molecule has 2 unspecified atom stereocenters. The van der Waals surface area contributed by atoms with Crippen LogP contribution >= 0.6 is 11.8 Å². The third-order valence-electron chi connectivity index (χ3n) is 5.21. The monoisotopic (exact) mass is 420 g/mol. The van der Waals surface area contributed by atoms with Crippen molar-refractivity contribution in [3.05, 3.63) is 65.0 Å². The second kappa shape index (κ2) is 7.38. The molecule has 1 amide bonds. The van der Waals surface area contributed by atoms with Crippen molar-refractivity contribution < 1.29 is 18.0 Å². The number of fused-ring (bicyclic) bond motifs is 2. The molecule has 9 heteroatoms. The van der Waals surface area contributed by atoms with E-state index in [2.05, 4.69) is 10.4 Å². The molecule has 2 aliphatic rings. The van der Waals surface area contributed by atoms with Gasteiger partial charge in [-0.1, -0.05) is 23.9 Å². The first-order chi connectivity index (χ1) is 13.9. The summed E-state index contributed by atoms with van der Waals surface area (Å²) in [5, 5.41) is 8.87. The number of nitrogens with zero attached hydrogens (tertiary/aromatic N) is 2. The normalized spacial score (nSPS) is 23.0. The van der Waals surface area contributed by atoms with Gasteiger partial charge < -0.3 is 11.1 Å². The highest BCUT2D eigenvalue weighted by Crippen LogP contribution is 2.57. The predicted octanol–water partition coefficient (Wildman–Crippen LogP) is 3.60. The molecule has 4 rings (SSSR count). The molecular formula is C20H19F3N4OS. The number of benzene rings is 2.